The molecule has 3 N–H and O–H groups in total. The van der Waals surface area contributed by atoms with Crippen LogP contribution in [0, 0.1) is 0 Å². The molecule has 5 atom stereocenters. The van der Waals surface area contributed by atoms with Gasteiger partial charge in [0, 0.05) is 25.7 Å². The Morgan fingerprint density at radius 3 is 0.810 bits per heavy atom. The number of aliphatic hydroxyl groups excluding tert-OH is 1. The average molecular weight is 1450 g/mol. The van der Waals surface area contributed by atoms with Gasteiger partial charge in [0.25, 0.3) is 0 Å². The van der Waals surface area contributed by atoms with Gasteiger partial charge in [-0.1, -0.05) is 305 Å². The predicted octanol–water partition coefficient (Wildman–Crippen LogP) is 22.8. The molecule has 5 unspecified atom stereocenters. The minimum atomic E-state index is -4.99. The SMILES string of the molecule is CC/C=C\C/C=C\C/C=C\C/C=C\C/C=C\CCCCCC(=O)OCC(COP(=O)(O)OCC(O)COP(=O)(O)OCC(COC(=O)CCCCCCCCCCCCCCC)OC(=O)CCCCCCCCCCCCCCC)OC(=O)CCCCCCC/C=C\C/C=C\C/C=C\CC. The van der Waals surface area contributed by atoms with Gasteiger partial charge in [0.05, 0.1) is 26.4 Å². The lowest BCUT2D eigenvalue weighted by atomic mass is 10.0. The number of unbranched alkanes of at least 4 members (excludes halogenated alkanes) is 32. The van der Waals surface area contributed by atoms with Crippen molar-refractivity contribution in [2.75, 3.05) is 39.6 Å². The maximum atomic E-state index is 13.1. The molecule has 0 aliphatic carbocycles. The molecule has 0 amide bonds. The number of carbonyl (C=O) groups excluding carboxylic acids is 4. The maximum absolute atomic E-state index is 13.1. The Balaban J connectivity index is 5.37. The van der Waals surface area contributed by atoms with E-state index in [1.165, 1.54) is 109 Å². The van der Waals surface area contributed by atoms with Crippen LogP contribution in [0.15, 0.2) is 97.2 Å². The Morgan fingerprint density at radius 1 is 0.290 bits per heavy atom. The van der Waals surface area contributed by atoms with Crippen LogP contribution in [0.4, 0.5) is 0 Å². The molecule has 0 saturated heterocycles. The fourth-order valence-corrected chi connectivity index (χ4v) is 12.2. The summed E-state index contributed by atoms with van der Waals surface area (Å²) < 4.78 is 68.5. The van der Waals surface area contributed by atoms with Crippen LogP contribution in [0.1, 0.15) is 336 Å². The van der Waals surface area contributed by atoms with E-state index in [0.29, 0.717) is 25.7 Å². The average Bonchev–Trinajstić information content (AvgIpc) is 0.946. The number of phosphoric ester groups is 2. The van der Waals surface area contributed by atoms with E-state index in [1.807, 2.05) is 0 Å². The number of hydrogen-bond acceptors (Lipinski definition) is 15. The number of rotatable bonds is 74. The third-order valence-electron chi connectivity index (χ3n) is 16.6. The highest BCUT2D eigenvalue weighted by atomic mass is 31.2. The number of allylic oxidation sites excluding steroid dienone is 16. The van der Waals surface area contributed by atoms with Gasteiger partial charge in [-0.3, -0.25) is 37.3 Å². The molecule has 0 aliphatic heterocycles. The molecule has 0 spiro atoms. The molecule has 0 aromatic rings. The van der Waals surface area contributed by atoms with E-state index in [-0.39, 0.29) is 25.7 Å². The smallest absolute Gasteiger partial charge is 0.462 e. The molecule has 0 aliphatic rings. The number of carbonyl (C=O) groups is 4. The molecule has 17 nitrogen and oxygen atoms in total. The summed E-state index contributed by atoms with van der Waals surface area (Å²) in [5, 5.41) is 10.6. The van der Waals surface area contributed by atoms with E-state index < -0.39 is 97.5 Å². The first kappa shape index (κ1) is 96.0. The minimum absolute atomic E-state index is 0.0677. The van der Waals surface area contributed by atoms with Crippen molar-refractivity contribution in [2.24, 2.45) is 0 Å². The van der Waals surface area contributed by atoms with Gasteiger partial charge >= 0.3 is 39.5 Å². The van der Waals surface area contributed by atoms with Crippen molar-refractivity contribution in [3.63, 3.8) is 0 Å². The summed E-state index contributed by atoms with van der Waals surface area (Å²) in [5.41, 5.74) is 0. The van der Waals surface area contributed by atoms with Crippen molar-refractivity contribution in [3.8, 4) is 0 Å². The molecule has 19 heteroatoms. The molecule has 0 aromatic carbocycles. The molecular formula is C81H142O17P2. The third-order valence-corrected chi connectivity index (χ3v) is 18.5. The summed E-state index contributed by atoms with van der Waals surface area (Å²) in [6.45, 7) is 4.63. The number of hydrogen-bond donors (Lipinski definition) is 3. The second kappa shape index (κ2) is 73.3. The monoisotopic (exact) mass is 1450 g/mol. The van der Waals surface area contributed by atoms with Gasteiger partial charge in [-0.15, -0.1) is 0 Å². The van der Waals surface area contributed by atoms with Crippen LogP contribution >= 0.6 is 15.6 Å². The van der Waals surface area contributed by atoms with Crippen LogP contribution in [-0.2, 0) is 65.4 Å². The van der Waals surface area contributed by atoms with Crippen LogP contribution in [-0.4, -0.2) is 96.7 Å². The van der Waals surface area contributed by atoms with Crippen molar-refractivity contribution in [3.05, 3.63) is 97.2 Å². The highest BCUT2D eigenvalue weighted by molar-refractivity contribution is 7.47. The predicted molar refractivity (Wildman–Crippen MR) is 409 cm³/mol. The van der Waals surface area contributed by atoms with Crippen molar-refractivity contribution in [2.45, 2.75) is 354 Å². The second-order valence-corrected chi connectivity index (χ2v) is 29.2. The lowest BCUT2D eigenvalue weighted by Crippen LogP contribution is -2.30. The minimum Gasteiger partial charge on any atom is -0.462 e. The van der Waals surface area contributed by atoms with Crippen LogP contribution in [0.5, 0.6) is 0 Å². The molecule has 0 rings (SSSR count). The Labute approximate surface area is 607 Å². The zero-order chi connectivity index (χ0) is 73.2. The summed E-state index contributed by atoms with van der Waals surface area (Å²) in [6.07, 6.45) is 76.7. The quantitative estimate of drug-likeness (QED) is 0.0169. The fourth-order valence-electron chi connectivity index (χ4n) is 10.6. The van der Waals surface area contributed by atoms with Crippen molar-refractivity contribution in [1.82, 2.24) is 0 Å². The number of aliphatic hydroxyl groups is 1. The number of phosphoric acid groups is 2. The van der Waals surface area contributed by atoms with Crippen LogP contribution in [0.25, 0.3) is 0 Å². The van der Waals surface area contributed by atoms with Crippen LogP contribution in [0.2, 0.25) is 0 Å². The summed E-state index contributed by atoms with van der Waals surface area (Å²) in [5.74, 6) is -2.21. The zero-order valence-electron chi connectivity index (χ0n) is 63.1. The highest BCUT2D eigenvalue weighted by Crippen LogP contribution is 2.45. The topological polar surface area (TPSA) is 237 Å². The number of ether oxygens (including phenoxy) is 4. The lowest BCUT2D eigenvalue weighted by Gasteiger charge is -2.21. The molecule has 0 aromatic heterocycles. The molecule has 0 fully saturated rings. The van der Waals surface area contributed by atoms with Crippen molar-refractivity contribution >= 4 is 39.5 Å². The Hall–Kier alpha value is -4.02. The Morgan fingerprint density at radius 2 is 0.520 bits per heavy atom. The van der Waals surface area contributed by atoms with E-state index in [1.54, 1.807) is 0 Å². The van der Waals surface area contributed by atoms with Gasteiger partial charge in [-0.2, -0.15) is 0 Å². The fraction of sp³-hybridized carbons (Fsp3) is 0.753. The van der Waals surface area contributed by atoms with Gasteiger partial charge in [-0.25, -0.2) is 9.13 Å². The zero-order valence-corrected chi connectivity index (χ0v) is 64.9. The molecule has 100 heavy (non-hydrogen) atoms. The first-order valence-electron chi connectivity index (χ1n) is 39.5. The maximum Gasteiger partial charge on any atom is 0.472 e. The molecule has 578 valence electrons. The first-order valence-corrected chi connectivity index (χ1v) is 42.5. The first-order chi connectivity index (χ1) is 48.7. The summed E-state index contributed by atoms with van der Waals surface area (Å²) in [6, 6.07) is 0. The molecular weight excluding hydrogens is 1310 g/mol. The van der Waals surface area contributed by atoms with E-state index >= 15 is 0 Å². The molecule has 0 heterocycles. The van der Waals surface area contributed by atoms with Crippen LogP contribution < -0.4 is 0 Å². The van der Waals surface area contributed by atoms with E-state index in [9.17, 15) is 43.2 Å². The summed E-state index contributed by atoms with van der Waals surface area (Å²) in [7, 11) is -9.96. The standard InChI is InChI=1S/C81H142O17P2/c1-5-9-13-17-21-25-29-33-35-36-37-38-40-43-46-50-54-58-62-66-79(84)92-72-77(98-81(86)68-64-60-56-52-48-44-39-34-30-26-22-18-14-10-6-2)74-96-100(89,90)94-70-75(82)69-93-99(87,88)95-73-76(97-80(85)67-63-59-55-51-47-42-32-28-24-20-16-12-8-4)71-91-78(83)65-61-57-53-49-45-41-31-27-23-19-15-11-7-3/h9-10,13-14,21-22,25-26,33-35,37-39,43,46,75-77,82H,5-8,11-12,15-20,23-24,27-32,36,40-42,44-45,47-74H2,1-4H3,(H,87,88)(H,89,90)/b13-9-,14-10-,25-21-,26-22-,35-33-,38-37-,39-34-,46-43-. The van der Waals surface area contributed by atoms with Crippen molar-refractivity contribution < 1.29 is 80.2 Å². The van der Waals surface area contributed by atoms with Gasteiger partial charge in [0.15, 0.2) is 12.2 Å². The van der Waals surface area contributed by atoms with Gasteiger partial charge in [0.2, 0.25) is 0 Å². The van der Waals surface area contributed by atoms with Gasteiger partial charge in [-0.05, 0) is 103 Å². The van der Waals surface area contributed by atoms with Crippen molar-refractivity contribution in [1.29, 1.82) is 0 Å². The third kappa shape index (κ3) is 72.3. The molecule has 0 saturated carbocycles. The largest absolute Gasteiger partial charge is 0.472 e. The Kier molecular flexibility index (Phi) is 70.4. The lowest BCUT2D eigenvalue weighted by molar-refractivity contribution is -0.161. The van der Waals surface area contributed by atoms with Gasteiger partial charge < -0.3 is 33.8 Å². The molecule has 0 radical (unpaired) electrons. The second-order valence-electron chi connectivity index (χ2n) is 26.3. The summed E-state index contributed by atoms with van der Waals surface area (Å²) in [4.78, 5) is 72.9. The highest BCUT2D eigenvalue weighted by Gasteiger charge is 2.30. The molecule has 0 bridgehead atoms. The van der Waals surface area contributed by atoms with E-state index in [0.717, 1.165) is 148 Å². The van der Waals surface area contributed by atoms with Crippen LogP contribution in [0.3, 0.4) is 0 Å². The van der Waals surface area contributed by atoms with Gasteiger partial charge in [0.1, 0.15) is 19.3 Å². The number of esters is 4. The normalized spacial score (nSPS) is 14.4. The van der Waals surface area contributed by atoms with E-state index in [2.05, 4.69) is 125 Å². The summed E-state index contributed by atoms with van der Waals surface area (Å²) >= 11 is 0. The Bertz CT molecular complexity index is 2270. The van der Waals surface area contributed by atoms with E-state index in [4.69, 9.17) is 37.0 Å².